The molecule has 0 heterocycles. The Morgan fingerprint density at radius 2 is 1.48 bits per heavy atom. The molecule has 0 aliphatic heterocycles. The van der Waals surface area contributed by atoms with Crippen molar-refractivity contribution in [3.8, 4) is 11.8 Å². The number of hydrogen-bond acceptors (Lipinski definition) is 9. The van der Waals surface area contributed by atoms with Crippen LogP contribution in [0.5, 0.6) is 5.75 Å². The average Bonchev–Trinajstić information content (AvgIpc) is 2.37. The van der Waals surface area contributed by atoms with Gasteiger partial charge < -0.3 is 5.11 Å². The van der Waals surface area contributed by atoms with Crippen molar-refractivity contribution in [1.82, 2.24) is 0 Å². The van der Waals surface area contributed by atoms with E-state index in [1.165, 1.54) is 0 Å². The van der Waals surface area contributed by atoms with Crippen molar-refractivity contribution >= 4 is 17.1 Å². The van der Waals surface area contributed by atoms with E-state index in [0.29, 0.717) is 18.7 Å². The summed E-state index contributed by atoms with van der Waals surface area (Å²) in [5.41, 5.74) is -3.26. The highest BCUT2D eigenvalue weighted by Crippen LogP contribution is 2.36. The molecule has 0 aromatic heterocycles. The summed E-state index contributed by atoms with van der Waals surface area (Å²) in [5, 5.41) is 50.2. The van der Waals surface area contributed by atoms with Crippen molar-refractivity contribution < 1.29 is 24.5 Å². The molecule has 23 heavy (non-hydrogen) atoms. The normalized spacial score (nSPS) is 10.0. The fourth-order valence-corrected chi connectivity index (χ4v) is 1.14. The van der Waals surface area contributed by atoms with Gasteiger partial charge in [0.05, 0.1) is 46.7 Å². The summed E-state index contributed by atoms with van der Waals surface area (Å²) in [6.07, 6.45) is 0. The van der Waals surface area contributed by atoms with Crippen LogP contribution in [0, 0.1) is 41.7 Å². The molecule has 13 nitrogen and oxygen atoms in total. The lowest BCUT2D eigenvalue weighted by atomic mass is 10.2. The van der Waals surface area contributed by atoms with Crippen LogP contribution in [0.1, 0.15) is 0 Å². The molecule has 124 valence electrons. The highest BCUT2D eigenvalue weighted by atomic mass is 16.6. The molecule has 0 aliphatic rings. The van der Waals surface area contributed by atoms with E-state index in [0.717, 1.165) is 0 Å². The fourth-order valence-electron chi connectivity index (χ4n) is 1.14. The molecule has 0 saturated carbocycles. The first-order valence-corrected chi connectivity index (χ1v) is 5.67. The van der Waals surface area contributed by atoms with E-state index in [9.17, 15) is 35.4 Å². The van der Waals surface area contributed by atoms with Crippen molar-refractivity contribution in [2.45, 2.75) is 0 Å². The number of nitriles is 1. The Morgan fingerprint density at radius 1 is 1.09 bits per heavy atom. The summed E-state index contributed by atoms with van der Waals surface area (Å²) < 4.78 is 0.233. The number of non-ortho nitro benzene ring substituents is 1. The average molecular weight is 328 g/mol. The Labute approximate surface area is 128 Å². The van der Waals surface area contributed by atoms with Crippen LogP contribution in [0.3, 0.4) is 0 Å². The van der Waals surface area contributed by atoms with Crippen LogP contribution in [0.4, 0.5) is 17.1 Å². The molecule has 1 aromatic rings. The second-order valence-corrected chi connectivity index (χ2v) is 4.68. The second-order valence-electron chi connectivity index (χ2n) is 4.68. The number of rotatable bonds is 4. The van der Waals surface area contributed by atoms with Gasteiger partial charge in [0, 0.05) is 0 Å². The Bertz CT molecular complexity index is 640. The molecule has 13 heteroatoms. The van der Waals surface area contributed by atoms with E-state index in [1.54, 1.807) is 14.1 Å². The van der Waals surface area contributed by atoms with Gasteiger partial charge in [-0.3, -0.25) is 30.3 Å². The Hall–Kier alpha value is -3.37. The van der Waals surface area contributed by atoms with E-state index in [-0.39, 0.29) is 4.59 Å². The lowest BCUT2D eigenvalue weighted by Crippen LogP contribution is -2.46. The van der Waals surface area contributed by atoms with E-state index in [1.807, 2.05) is 6.07 Å². The maximum Gasteiger partial charge on any atom is 0.283 e. The third kappa shape index (κ3) is 6.29. The zero-order valence-electron chi connectivity index (χ0n) is 12.0. The van der Waals surface area contributed by atoms with Gasteiger partial charge in [0.1, 0.15) is 6.07 Å². The molecule has 2 N–H and O–H groups in total. The monoisotopic (exact) mass is 328 g/mol. The van der Waals surface area contributed by atoms with Crippen LogP contribution >= 0.6 is 0 Å². The maximum atomic E-state index is 11.1. The molecule has 0 aliphatic carbocycles. The van der Waals surface area contributed by atoms with Crippen molar-refractivity contribution in [1.29, 1.82) is 5.26 Å². The highest BCUT2D eigenvalue weighted by molar-refractivity contribution is 5.63. The zero-order chi connectivity index (χ0) is 18.4. The van der Waals surface area contributed by atoms with Crippen LogP contribution in [0.2, 0.25) is 0 Å². The van der Waals surface area contributed by atoms with Gasteiger partial charge in [-0.15, -0.1) is 0 Å². The smallest absolute Gasteiger partial charge is 0.283 e. The summed E-state index contributed by atoms with van der Waals surface area (Å²) in [5.74, 6) is 3.90. The number of quaternary nitrogens is 1. The van der Waals surface area contributed by atoms with Crippen molar-refractivity contribution in [3.05, 3.63) is 42.5 Å². The Balaban J connectivity index is 0.000000585. The summed E-state index contributed by atoms with van der Waals surface area (Å²) in [7, 11) is 3.53. The summed E-state index contributed by atoms with van der Waals surface area (Å²) >= 11 is 0. The number of nitro benzene ring substituents is 3. The summed E-state index contributed by atoms with van der Waals surface area (Å²) in [6.45, 7) is 0.361. The summed E-state index contributed by atoms with van der Waals surface area (Å²) in [4.78, 5) is 27.5. The van der Waals surface area contributed by atoms with Crippen LogP contribution in [0.25, 0.3) is 0 Å². The van der Waals surface area contributed by atoms with Crippen molar-refractivity contribution in [2.24, 2.45) is 5.84 Å². The minimum absolute atomic E-state index is 0.233. The molecule has 0 spiro atoms. The minimum atomic E-state index is -1.46. The first kappa shape index (κ1) is 19.6. The van der Waals surface area contributed by atoms with Gasteiger partial charge in [0.15, 0.2) is 6.54 Å². The number of nitrogens with two attached hydrogens (primary N) is 1. The minimum Gasteiger partial charge on any atom is -0.863 e. The van der Waals surface area contributed by atoms with Gasteiger partial charge >= 0.3 is 0 Å². The molecule has 1 rings (SSSR count). The summed E-state index contributed by atoms with van der Waals surface area (Å²) in [6, 6.07) is 2.72. The highest BCUT2D eigenvalue weighted by Gasteiger charge is 2.24. The van der Waals surface area contributed by atoms with Gasteiger partial charge in [0.2, 0.25) is 0 Å². The number of nitro groups is 3. The quantitative estimate of drug-likeness (QED) is 0.258. The molecule has 0 saturated heterocycles. The Morgan fingerprint density at radius 3 is 1.65 bits per heavy atom. The number of hydrogen-bond donors (Lipinski definition) is 1. The van der Waals surface area contributed by atoms with Crippen LogP contribution in [-0.4, -0.2) is 40.0 Å². The van der Waals surface area contributed by atoms with Crippen LogP contribution in [0.15, 0.2) is 12.1 Å². The van der Waals surface area contributed by atoms with Gasteiger partial charge in [-0.2, -0.15) is 11.1 Å². The van der Waals surface area contributed by atoms with E-state index in [2.05, 4.69) is 0 Å². The lowest BCUT2D eigenvalue weighted by Gasteiger charge is -2.16. The lowest BCUT2D eigenvalue weighted by molar-refractivity contribution is -0.895. The van der Waals surface area contributed by atoms with Crippen LogP contribution in [-0.2, 0) is 0 Å². The van der Waals surface area contributed by atoms with Gasteiger partial charge in [-0.25, -0.2) is 4.59 Å². The first-order chi connectivity index (χ1) is 10.4. The molecule has 0 radical (unpaired) electrons. The molecular formula is C10H12N6O7. The van der Waals surface area contributed by atoms with Gasteiger partial charge in [0.25, 0.3) is 17.1 Å². The van der Waals surface area contributed by atoms with Gasteiger partial charge in [-0.1, -0.05) is 0 Å². The van der Waals surface area contributed by atoms with Crippen molar-refractivity contribution in [2.75, 3.05) is 20.6 Å². The Kier molecular flexibility index (Phi) is 6.47. The number of nitrogens with zero attached hydrogens (tertiary/aromatic N) is 5. The third-order valence-electron chi connectivity index (χ3n) is 2.12. The fraction of sp³-hybridized carbons (Fsp3) is 0.300. The van der Waals surface area contributed by atoms with E-state index >= 15 is 0 Å². The molecule has 0 amide bonds. The molecule has 0 fully saturated rings. The predicted molar refractivity (Wildman–Crippen MR) is 72.6 cm³/mol. The molecule has 0 atom stereocenters. The van der Waals surface area contributed by atoms with E-state index < -0.39 is 37.6 Å². The largest absolute Gasteiger partial charge is 0.863 e. The van der Waals surface area contributed by atoms with Gasteiger partial charge in [-0.05, 0) is 0 Å². The number of benzene rings is 1. The third-order valence-corrected chi connectivity index (χ3v) is 2.12. The molecule has 0 bridgehead atoms. The predicted octanol–water partition coefficient (Wildman–Crippen LogP) is -0.0551. The second kappa shape index (κ2) is 7.59. The standard InChI is InChI=1S/C6H3N3O7.C4H10N3/c10-6-4(8(13)14)1-3(7(11)12)2-5(6)9(15)16;1-7(2,6)4-3-5/h1-2,10H;4,6H2,1-2H3/q;+1/p-1. The first-order valence-electron chi connectivity index (χ1n) is 5.67. The van der Waals surface area contributed by atoms with Crippen molar-refractivity contribution in [3.63, 3.8) is 0 Å². The van der Waals surface area contributed by atoms with E-state index in [4.69, 9.17) is 11.1 Å². The zero-order valence-corrected chi connectivity index (χ0v) is 12.0. The topological polar surface area (TPSA) is 202 Å². The maximum absolute atomic E-state index is 11.1. The molecular weight excluding hydrogens is 316 g/mol. The molecule has 1 aromatic carbocycles. The van der Waals surface area contributed by atoms with Crippen LogP contribution < -0.4 is 10.9 Å². The SMILES string of the molecule is C[N+](C)(N)CC#N.O=[N+]([O-])c1cc([N+](=O)[O-])c([O-])c([N+](=O)[O-])c1. The molecule has 0 unspecified atom stereocenters.